The van der Waals surface area contributed by atoms with Gasteiger partial charge in [-0.2, -0.15) is 0 Å². The van der Waals surface area contributed by atoms with Crippen molar-refractivity contribution in [1.29, 1.82) is 0 Å². The van der Waals surface area contributed by atoms with Crippen LogP contribution in [0.15, 0.2) is 48.5 Å². The highest BCUT2D eigenvalue weighted by atomic mass is 16.6. The Kier molecular flexibility index (Phi) is 13.6. The Morgan fingerprint density at radius 2 is 1.02 bits per heavy atom. The van der Waals surface area contributed by atoms with E-state index in [0.29, 0.717) is 51.0 Å². The number of benzene rings is 2. The second-order valence-corrected chi connectivity index (χ2v) is 14.1. The maximum atomic E-state index is 14.8. The Labute approximate surface area is 288 Å². The van der Waals surface area contributed by atoms with Gasteiger partial charge in [-0.1, -0.05) is 90.5 Å². The Hall–Kier alpha value is -3.10. The highest BCUT2D eigenvalue weighted by Gasteiger charge is 2.46. The number of unbranched alkanes of at least 4 members (excludes halogenated alkanes) is 2. The van der Waals surface area contributed by atoms with E-state index < -0.39 is 12.1 Å². The molecule has 2 aromatic carbocycles. The van der Waals surface area contributed by atoms with Crippen LogP contribution in [0.3, 0.4) is 0 Å². The Balaban J connectivity index is 1.40. The van der Waals surface area contributed by atoms with Crippen molar-refractivity contribution in [3.8, 4) is 11.5 Å². The third kappa shape index (κ3) is 10.4. The first-order chi connectivity index (χ1) is 23.4. The standard InChI is InChI=1S/C40H58N2O6/c1-5-9-11-29(7-3)23-41-37(21-31-13-17-33(18-14-31)45-25-35-27-47-35)40(44)42(24-30(8-4)12-10-6-2)38(39(41)43)22-32-15-19-34(20-16-32)46-26-36-28-48-36/h13-20,29-30,35-38H,5-12,21-28H2,1-4H3/t29?,30?,35?,36?,37-,38+. The maximum absolute atomic E-state index is 14.8. The van der Waals surface area contributed by atoms with Gasteiger partial charge in [0.15, 0.2) is 0 Å². The number of amides is 2. The van der Waals surface area contributed by atoms with Crippen LogP contribution < -0.4 is 9.47 Å². The summed E-state index contributed by atoms with van der Waals surface area (Å²) in [6.07, 6.45) is 9.95. The van der Waals surface area contributed by atoms with Crippen molar-refractivity contribution in [2.75, 3.05) is 39.5 Å². The first-order valence-electron chi connectivity index (χ1n) is 18.7. The molecule has 0 N–H and O–H groups in total. The topological polar surface area (TPSA) is 84.1 Å². The van der Waals surface area contributed by atoms with E-state index in [1.165, 1.54) is 0 Å². The third-order valence-corrected chi connectivity index (χ3v) is 10.3. The molecular weight excluding hydrogens is 604 g/mol. The number of ether oxygens (including phenoxy) is 4. The average Bonchev–Trinajstić information content (AvgIpc) is 4.05. The van der Waals surface area contributed by atoms with Gasteiger partial charge in [-0.15, -0.1) is 0 Å². The fraction of sp³-hybridized carbons (Fsp3) is 0.650. The monoisotopic (exact) mass is 662 g/mol. The number of hydrogen-bond acceptors (Lipinski definition) is 6. The van der Waals surface area contributed by atoms with Crippen LogP contribution in [0.1, 0.15) is 90.2 Å². The predicted octanol–water partition coefficient (Wildman–Crippen LogP) is 6.87. The molecule has 0 radical (unpaired) electrons. The fourth-order valence-corrected chi connectivity index (χ4v) is 6.77. The first kappa shape index (κ1) is 36.2. The number of carbonyl (C=O) groups is 2. The van der Waals surface area contributed by atoms with Gasteiger partial charge in [-0.25, -0.2) is 0 Å². The van der Waals surface area contributed by atoms with Crippen molar-refractivity contribution in [2.45, 2.75) is 116 Å². The molecule has 0 bridgehead atoms. The molecular formula is C40H58N2O6. The van der Waals surface area contributed by atoms with Gasteiger partial charge in [0.25, 0.3) is 0 Å². The zero-order chi connectivity index (χ0) is 33.9. The molecule has 2 amide bonds. The van der Waals surface area contributed by atoms with Gasteiger partial charge in [0.05, 0.1) is 13.2 Å². The van der Waals surface area contributed by atoms with E-state index in [2.05, 4.69) is 27.7 Å². The van der Waals surface area contributed by atoms with Crippen LogP contribution >= 0.6 is 0 Å². The molecule has 0 saturated carbocycles. The summed E-state index contributed by atoms with van der Waals surface area (Å²) in [5.74, 6) is 2.46. The maximum Gasteiger partial charge on any atom is 0.246 e. The number of rotatable bonds is 22. The molecule has 48 heavy (non-hydrogen) atoms. The molecule has 3 saturated heterocycles. The van der Waals surface area contributed by atoms with E-state index in [1.54, 1.807) is 0 Å². The van der Waals surface area contributed by atoms with Crippen LogP contribution in [0.4, 0.5) is 0 Å². The summed E-state index contributed by atoms with van der Waals surface area (Å²) in [7, 11) is 0. The number of piperazine rings is 1. The second-order valence-electron chi connectivity index (χ2n) is 14.1. The van der Waals surface area contributed by atoms with Gasteiger partial charge in [0.1, 0.15) is 49.0 Å². The molecule has 6 atom stereocenters. The fourth-order valence-electron chi connectivity index (χ4n) is 6.77. The van der Waals surface area contributed by atoms with Crippen molar-refractivity contribution in [1.82, 2.24) is 9.80 Å². The lowest BCUT2D eigenvalue weighted by molar-refractivity contribution is -0.163. The summed E-state index contributed by atoms with van der Waals surface area (Å²) >= 11 is 0. The van der Waals surface area contributed by atoms with Gasteiger partial charge >= 0.3 is 0 Å². The number of hydrogen-bond donors (Lipinski definition) is 0. The summed E-state index contributed by atoms with van der Waals surface area (Å²) in [5, 5.41) is 0. The molecule has 4 unspecified atom stereocenters. The van der Waals surface area contributed by atoms with E-state index in [-0.39, 0.29) is 24.0 Å². The number of epoxide rings is 2. The third-order valence-electron chi connectivity index (χ3n) is 10.3. The van der Waals surface area contributed by atoms with Gasteiger partial charge in [0, 0.05) is 25.9 Å². The summed E-state index contributed by atoms with van der Waals surface area (Å²) in [5.41, 5.74) is 2.07. The van der Waals surface area contributed by atoms with Gasteiger partial charge in [-0.3, -0.25) is 9.59 Å². The van der Waals surface area contributed by atoms with E-state index in [4.69, 9.17) is 18.9 Å². The first-order valence-corrected chi connectivity index (χ1v) is 18.7. The van der Waals surface area contributed by atoms with Gasteiger partial charge in [0.2, 0.25) is 11.8 Å². The van der Waals surface area contributed by atoms with Crippen molar-refractivity contribution in [3.63, 3.8) is 0 Å². The Morgan fingerprint density at radius 3 is 1.33 bits per heavy atom. The Morgan fingerprint density at radius 1 is 0.646 bits per heavy atom. The molecule has 8 heteroatoms. The molecule has 264 valence electrons. The number of carbonyl (C=O) groups excluding carboxylic acids is 2. The van der Waals surface area contributed by atoms with Crippen LogP contribution in [0.2, 0.25) is 0 Å². The summed E-state index contributed by atoms with van der Waals surface area (Å²) in [4.78, 5) is 33.6. The second kappa shape index (κ2) is 18.1. The van der Waals surface area contributed by atoms with Crippen LogP contribution in [0.5, 0.6) is 11.5 Å². The van der Waals surface area contributed by atoms with Gasteiger partial charge in [-0.05, 0) is 60.1 Å². The molecule has 0 aromatic heterocycles. The van der Waals surface area contributed by atoms with Crippen LogP contribution in [0.25, 0.3) is 0 Å². The quantitative estimate of drug-likeness (QED) is 0.128. The lowest BCUT2D eigenvalue weighted by Gasteiger charge is -2.47. The molecule has 3 aliphatic rings. The molecule has 2 aromatic rings. The average molecular weight is 663 g/mol. The highest BCUT2D eigenvalue weighted by molar-refractivity contribution is 5.97. The highest BCUT2D eigenvalue weighted by Crippen LogP contribution is 2.30. The normalized spacial score (nSPS) is 23.2. The van der Waals surface area contributed by atoms with E-state index in [0.717, 1.165) is 87.2 Å². The molecule has 3 heterocycles. The largest absolute Gasteiger partial charge is 0.491 e. The van der Waals surface area contributed by atoms with E-state index in [1.807, 2.05) is 58.3 Å². The van der Waals surface area contributed by atoms with Crippen LogP contribution in [0, 0.1) is 11.8 Å². The summed E-state index contributed by atoms with van der Waals surface area (Å²) < 4.78 is 22.3. The minimum atomic E-state index is -0.528. The molecule has 0 spiro atoms. The molecule has 3 fully saturated rings. The van der Waals surface area contributed by atoms with Crippen molar-refractivity contribution in [3.05, 3.63) is 59.7 Å². The van der Waals surface area contributed by atoms with E-state index in [9.17, 15) is 9.59 Å². The smallest absolute Gasteiger partial charge is 0.246 e. The lowest BCUT2D eigenvalue weighted by atomic mass is 9.90. The minimum Gasteiger partial charge on any atom is -0.491 e. The predicted molar refractivity (Wildman–Crippen MR) is 188 cm³/mol. The van der Waals surface area contributed by atoms with Crippen molar-refractivity contribution < 1.29 is 28.5 Å². The van der Waals surface area contributed by atoms with Crippen LogP contribution in [-0.2, 0) is 31.9 Å². The SMILES string of the molecule is CCCCC(CC)CN1C(=O)[C@H](Cc2ccc(OCC3CO3)cc2)N(CC(CC)CCCC)C(=O)[C@H]1Cc1ccc(OCC2CO2)cc1. The molecule has 3 aliphatic heterocycles. The Bertz CT molecular complexity index is 1180. The number of nitrogens with zero attached hydrogens (tertiary/aromatic N) is 2. The molecule has 0 aliphatic carbocycles. The van der Waals surface area contributed by atoms with Gasteiger partial charge < -0.3 is 28.7 Å². The zero-order valence-electron chi connectivity index (χ0n) is 29.7. The summed E-state index contributed by atoms with van der Waals surface area (Å²) in [6.45, 7) is 12.7. The van der Waals surface area contributed by atoms with Crippen LogP contribution in [-0.4, -0.2) is 85.4 Å². The van der Waals surface area contributed by atoms with E-state index >= 15 is 0 Å². The minimum absolute atomic E-state index is 0.0792. The van der Waals surface area contributed by atoms with Crippen molar-refractivity contribution in [2.24, 2.45) is 11.8 Å². The lowest BCUT2D eigenvalue weighted by Crippen LogP contribution is -2.67. The summed E-state index contributed by atoms with van der Waals surface area (Å²) in [6, 6.07) is 15.0. The van der Waals surface area contributed by atoms with Crippen molar-refractivity contribution >= 4 is 11.8 Å². The molecule has 5 rings (SSSR count). The molecule has 8 nitrogen and oxygen atoms in total. The zero-order valence-corrected chi connectivity index (χ0v) is 29.7.